The van der Waals surface area contributed by atoms with Crippen LogP contribution in [0.1, 0.15) is 43.5 Å². The summed E-state index contributed by atoms with van der Waals surface area (Å²) in [6.07, 6.45) is 3.45. The molecule has 2 atom stereocenters. The monoisotopic (exact) mass is 222 g/mol. The van der Waals surface area contributed by atoms with Crippen molar-refractivity contribution in [2.75, 3.05) is 0 Å². The molecule has 1 aromatic heterocycles. The number of ketones is 1. The number of carbonyl (C=O) groups is 1. The van der Waals surface area contributed by atoms with E-state index >= 15 is 0 Å². The third-order valence-corrected chi connectivity index (χ3v) is 4.04. The van der Waals surface area contributed by atoms with Crippen molar-refractivity contribution >= 4 is 17.1 Å². The van der Waals surface area contributed by atoms with Gasteiger partial charge in [-0.1, -0.05) is 13.8 Å². The topological polar surface area (TPSA) is 17.1 Å². The molecule has 1 saturated carbocycles. The van der Waals surface area contributed by atoms with E-state index in [1.54, 1.807) is 11.3 Å². The highest BCUT2D eigenvalue weighted by Crippen LogP contribution is 2.34. The molecule has 0 amide bonds. The van der Waals surface area contributed by atoms with Gasteiger partial charge < -0.3 is 0 Å². The predicted molar refractivity (Wildman–Crippen MR) is 64.3 cm³/mol. The Bertz CT molecular complexity index is 318. The van der Waals surface area contributed by atoms with E-state index < -0.39 is 0 Å². The molecule has 2 heteroatoms. The smallest absolute Gasteiger partial charge is 0.166 e. The van der Waals surface area contributed by atoms with Crippen molar-refractivity contribution in [2.24, 2.45) is 17.8 Å². The minimum absolute atomic E-state index is 0.276. The summed E-state index contributed by atoms with van der Waals surface area (Å²) in [5.41, 5.74) is 0.923. The minimum Gasteiger partial charge on any atom is -0.294 e. The summed E-state index contributed by atoms with van der Waals surface area (Å²) in [5, 5.41) is 3.97. The zero-order valence-corrected chi connectivity index (χ0v) is 10.2. The molecule has 0 saturated heterocycles. The molecule has 1 aromatic rings. The molecule has 0 bridgehead atoms. The molecule has 0 N–H and O–H groups in total. The summed E-state index contributed by atoms with van der Waals surface area (Å²) < 4.78 is 0. The van der Waals surface area contributed by atoms with Gasteiger partial charge in [0.1, 0.15) is 0 Å². The summed E-state index contributed by atoms with van der Waals surface area (Å²) in [6.45, 7) is 4.53. The fourth-order valence-electron chi connectivity index (χ4n) is 2.80. The average molecular weight is 222 g/mol. The lowest BCUT2D eigenvalue weighted by atomic mass is 9.74. The zero-order valence-electron chi connectivity index (χ0n) is 9.40. The van der Waals surface area contributed by atoms with Gasteiger partial charge in [0.25, 0.3) is 0 Å². The first-order valence-corrected chi connectivity index (χ1v) is 6.67. The fourth-order valence-corrected chi connectivity index (χ4v) is 3.45. The van der Waals surface area contributed by atoms with Gasteiger partial charge in [0.05, 0.1) is 0 Å². The maximum absolute atomic E-state index is 12.2. The molecule has 0 radical (unpaired) electrons. The van der Waals surface area contributed by atoms with Crippen molar-refractivity contribution in [3.8, 4) is 0 Å². The van der Waals surface area contributed by atoms with Gasteiger partial charge in [-0.2, -0.15) is 11.3 Å². The molecule has 2 unspecified atom stereocenters. The van der Waals surface area contributed by atoms with Crippen LogP contribution in [0.15, 0.2) is 16.8 Å². The third-order valence-electron chi connectivity index (χ3n) is 3.35. The van der Waals surface area contributed by atoms with Gasteiger partial charge in [-0.05, 0) is 42.5 Å². The Morgan fingerprint density at radius 1 is 1.27 bits per heavy atom. The molecule has 2 rings (SSSR count). The lowest BCUT2D eigenvalue weighted by Crippen LogP contribution is -2.25. The molecule has 1 nitrogen and oxygen atoms in total. The fraction of sp³-hybridized carbons (Fsp3) is 0.615. The van der Waals surface area contributed by atoms with Crippen LogP contribution in [0.3, 0.4) is 0 Å². The normalized spacial score (nSPS) is 31.5. The second-order valence-electron chi connectivity index (χ2n) is 4.99. The molecule has 1 aliphatic carbocycles. The second-order valence-corrected chi connectivity index (χ2v) is 5.77. The Kier molecular flexibility index (Phi) is 3.25. The van der Waals surface area contributed by atoms with E-state index in [0.29, 0.717) is 17.6 Å². The van der Waals surface area contributed by atoms with Crippen molar-refractivity contribution < 1.29 is 4.79 Å². The largest absolute Gasteiger partial charge is 0.294 e. The van der Waals surface area contributed by atoms with Gasteiger partial charge in [-0.25, -0.2) is 0 Å². The van der Waals surface area contributed by atoms with E-state index in [-0.39, 0.29) is 5.92 Å². The Balaban J connectivity index is 2.07. The first-order valence-electron chi connectivity index (χ1n) is 5.73. The number of Topliss-reactive ketones (excluding diaryl/α,β-unsaturated/α-hetero) is 1. The van der Waals surface area contributed by atoms with E-state index in [9.17, 15) is 4.79 Å². The number of hydrogen-bond acceptors (Lipinski definition) is 2. The van der Waals surface area contributed by atoms with Gasteiger partial charge in [0, 0.05) is 16.9 Å². The molecule has 1 fully saturated rings. The van der Waals surface area contributed by atoms with Crippen LogP contribution in [0.2, 0.25) is 0 Å². The van der Waals surface area contributed by atoms with Crippen LogP contribution in [-0.4, -0.2) is 5.78 Å². The third kappa shape index (κ3) is 2.49. The van der Waals surface area contributed by atoms with Crippen molar-refractivity contribution in [3.63, 3.8) is 0 Å². The van der Waals surface area contributed by atoms with E-state index in [2.05, 4.69) is 13.8 Å². The van der Waals surface area contributed by atoms with Gasteiger partial charge in [0.2, 0.25) is 0 Å². The van der Waals surface area contributed by atoms with Crippen LogP contribution in [0, 0.1) is 17.8 Å². The average Bonchev–Trinajstić information content (AvgIpc) is 2.67. The predicted octanol–water partition coefficient (Wildman–Crippen LogP) is 4.00. The lowest BCUT2D eigenvalue weighted by Gasteiger charge is -2.30. The second kappa shape index (κ2) is 4.48. The molecular weight excluding hydrogens is 204 g/mol. The van der Waals surface area contributed by atoms with Crippen LogP contribution in [-0.2, 0) is 0 Å². The zero-order chi connectivity index (χ0) is 10.8. The van der Waals surface area contributed by atoms with E-state index in [4.69, 9.17) is 0 Å². The summed E-state index contributed by atoms with van der Waals surface area (Å²) >= 11 is 1.61. The lowest BCUT2D eigenvalue weighted by molar-refractivity contribution is 0.0836. The summed E-state index contributed by atoms with van der Waals surface area (Å²) in [4.78, 5) is 12.2. The van der Waals surface area contributed by atoms with E-state index in [0.717, 1.165) is 18.4 Å². The Morgan fingerprint density at radius 2 is 1.93 bits per heavy atom. The van der Waals surface area contributed by atoms with Gasteiger partial charge in [-0.3, -0.25) is 4.79 Å². The number of thiophene rings is 1. The molecule has 82 valence electrons. The SMILES string of the molecule is CC1CC(C)CC(C(=O)c2ccsc2)C1. The minimum atomic E-state index is 0.276. The Hall–Kier alpha value is -0.630. The van der Waals surface area contributed by atoms with Crippen molar-refractivity contribution in [2.45, 2.75) is 33.1 Å². The van der Waals surface area contributed by atoms with Crippen LogP contribution in [0.4, 0.5) is 0 Å². The highest BCUT2D eigenvalue weighted by Gasteiger charge is 2.29. The molecule has 0 spiro atoms. The number of hydrogen-bond donors (Lipinski definition) is 0. The maximum Gasteiger partial charge on any atom is 0.166 e. The molecular formula is C13H18OS. The Morgan fingerprint density at radius 3 is 2.47 bits per heavy atom. The number of rotatable bonds is 2. The standard InChI is InChI=1S/C13H18OS/c1-9-5-10(2)7-12(6-9)13(14)11-3-4-15-8-11/h3-4,8-10,12H,5-7H2,1-2H3. The first-order chi connectivity index (χ1) is 7.16. The summed E-state index contributed by atoms with van der Waals surface area (Å²) in [6, 6.07) is 1.96. The quantitative estimate of drug-likeness (QED) is 0.691. The van der Waals surface area contributed by atoms with Gasteiger partial charge in [0.15, 0.2) is 5.78 Å². The molecule has 0 aromatic carbocycles. The van der Waals surface area contributed by atoms with E-state index in [1.165, 1.54) is 6.42 Å². The molecule has 0 aliphatic heterocycles. The van der Waals surface area contributed by atoms with Crippen LogP contribution < -0.4 is 0 Å². The van der Waals surface area contributed by atoms with Crippen molar-refractivity contribution in [1.29, 1.82) is 0 Å². The van der Waals surface area contributed by atoms with Crippen LogP contribution in [0.5, 0.6) is 0 Å². The molecule has 1 aliphatic rings. The molecule has 1 heterocycles. The van der Waals surface area contributed by atoms with Crippen molar-refractivity contribution in [1.82, 2.24) is 0 Å². The highest BCUT2D eigenvalue weighted by atomic mass is 32.1. The maximum atomic E-state index is 12.2. The van der Waals surface area contributed by atoms with Crippen molar-refractivity contribution in [3.05, 3.63) is 22.4 Å². The van der Waals surface area contributed by atoms with Crippen LogP contribution in [0.25, 0.3) is 0 Å². The van der Waals surface area contributed by atoms with Crippen LogP contribution >= 0.6 is 11.3 Å². The summed E-state index contributed by atoms with van der Waals surface area (Å²) in [5.74, 6) is 2.07. The highest BCUT2D eigenvalue weighted by molar-refractivity contribution is 7.08. The molecule has 15 heavy (non-hydrogen) atoms. The van der Waals surface area contributed by atoms with Gasteiger partial charge >= 0.3 is 0 Å². The number of carbonyl (C=O) groups excluding carboxylic acids is 1. The van der Waals surface area contributed by atoms with Gasteiger partial charge in [-0.15, -0.1) is 0 Å². The summed E-state index contributed by atoms with van der Waals surface area (Å²) in [7, 11) is 0. The Labute approximate surface area is 95.5 Å². The first kappa shape index (κ1) is 10.9. The van der Waals surface area contributed by atoms with E-state index in [1.807, 2.05) is 16.8 Å².